The number of hydrogen-bond donors (Lipinski definition) is 1. The quantitative estimate of drug-likeness (QED) is 0.815. The molecular formula is C18H20ClN3O2. The monoisotopic (exact) mass is 345 g/mol. The number of halogens is 1. The van der Waals surface area contributed by atoms with E-state index in [0.29, 0.717) is 31.0 Å². The predicted molar refractivity (Wildman–Crippen MR) is 93.7 cm³/mol. The lowest BCUT2D eigenvalue weighted by molar-refractivity contribution is -0.144. The highest BCUT2D eigenvalue weighted by molar-refractivity contribution is 6.34. The Morgan fingerprint density at radius 3 is 2.33 bits per heavy atom. The van der Waals surface area contributed by atoms with E-state index < -0.39 is 11.8 Å². The number of pyridine rings is 1. The van der Waals surface area contributed by atoms with Gasteiger partial charge in [-0.25, -0.2) is 0 Å². The van der Waals surface area contributed by atoms with Gasteiger partial charge in [-0.1, -0.05) is 23.7 Å². The van der Waals surface area contributed by atoms with Gasteiger partial charge in [0, 0.05) is 37.6 Å². The van der Waals surface area contributed by atoms with Gasteiger partial charge in [-0.15, -0.1) is 0 Å². The van der Waals surface area contributed by atoms with Gasteiger partial charge in [-0.3, -0.25) is 14.6 Å². The number of carbonyl (C=O) groups is 2. The molecule has 0 fully saturated rings. The van der Waals surface area contributed by atoms with Gasteiger partial charge < -0.3 is 10.2 Å². The van der Waals surface area contributed by atoms with Gasteiger partial charge >= 0.3 is 11.8 Å². The summed E-state index contributed by atoms with van der Waals surface area (Å²) in [4.78, 5) is 29.3. The van der Waals surface area contributed by atoms with Crippen LogP contribution in [-0.2, 0) is 22.4 Å². The number of carbonyl (C=O) groups excluding carboxylic acids is 2. The Bertz CT molecular complexity index is 674. The fourth-order valence-corrected chi connectivity index (χ4v) is 2.29. The molecule has 0 saturated carbocycles. The molecule has 0 saturated heterocycles. The van der Waals surface area contributed by atoms with E-state index in [-0.39, 0.29) is 0 Å². The lowest BCUT2D eigenvalue weighted by atomic mass is 10.1. The first-order valence-corrected chi connectivity index (χ1v) is 8.10. The Labute approximate surface area is 146 Å². The summed E-state index contributed by atoms with van der Waals surface area (Å²) in [6.07, 6.45) is 4.75. The van der Waals surface area contributed by atoms with Gasteiger partial charge in [0.2, 0.25) is 0 Å². The van der Waals surface area contributed by atoms with E-state index in [1.54, 1.807) is 31.6 Å². The van der Waals surface area contributed by atoms with Gasteiger partial charge in [-0.2, -0.15) is 0 Å². The number of hydrogen-bond acceptors (Lipinski definition) is 3. The number of rotatable bonds is 6. The van der Waals surface area contributed by atoms with Gasteiger partial charge in [0.15, 0.2) is 0 Å². The van der Waals surface area contributed by atoms with Crippen LogP contribution >= 0.6 is 11.6 Å². The average molecular weight is 346 g/mol. The molecule has 0 spiro atoms. The summed E-state index contributed by atoms with van der Waals surface area (Å²) in [6.45, 7) is 0.887. The summed E-state index contributed by atoms with van der Waals surface area (Å²) >= 11 is 5.82. The lowest BCUT2D eigenvalue weighted by Crippen LogP contribution is -2.42. The third-order valence-electron chi connectivity index (χ3n) is 3.64. The first-order valence-electron chi connectivity index (χ1n) is 7.73. The molecular weight excluding hydrogens is 326 g/mol. The summed E-state index contributed by atoms with van der Waals surface area (Å²) in [5, 5.41) is 3.33. The Hall–Kier alpha value is -2.40. The second-order valence-corrected chi connectivity index (χ2v) is 5.90. The van der Waals surface area contributed by atoms with E-state index in [0.717, 1.165) is 11.1 Å². The van der Waals surface area contributed by atoms with Crippen LogP contribution in [0.3, 0.4) is 0 Å². The van der Waals surface area contributed by atoms with Crippen LogP contribution in [0.1, 0.15) is 11.1 Å². The normalized spacial score (nSPS) is 10.2. The highest BCUT2D eigenvalue weighted by Gasteiger charge is 2.17. The SMILES string of the molecule is CN(CCc1ccncc1)C(=O)C(=O)NCCc1ccc(Cl)cc1. The first kappa shape index (κ1) is 17.9. The van der Waals surface area contributed by atoms with Crippen LogP contribution in [0.5, 0.6) is 0 Å². The smallest absolute Gasteiger partial charge is 0.311 e. The second kappa shape index (κ2) is 9.03. The van der Waals surface area contributed by atoms with Crippen molar-refractivity contribution < 1.29 is 9.59 Å². The molecule has 0 aliphatic heterocycles. The molecule has 0 aliphatic carbocycles. The van der Waals surface area contributed by atoms with Crippen LogP contribution in [0, 0.1) is 0 Å². The number of nitrogens with one attached hydrogen (secondary N) is 1. The third kappa shape index (κ3) is 5.66. The predicted octanol–water partition coefficient (Wildman–Crippen LogP) is 2.09. The number of aromatic nitrogens is 1. The molecule has 0 radical (unpaired) electrons. The molecule has 2 amide bonds. The molecule has 1 heterocycles. The minimum Gasteiger partial charge on any atom is -0.347 e. The van der Waals surface area contributed by atoms with Crippen LogP contribution in [0.15, 0.2) is 48.8 Å². The summed E-state index contributed by atoms with van der Waals surface area (Å²) in [7, 11) is 1.63. The Morgan fingerprint density at radius 1 is 1.04 bits per heavy atom. The molecule has 2 aromatic rings. The van der Waals surface area contributed by atoms with Crippen LogP contribution in [0.2, 0.25) is 5.02 Å². The largest absolute Gasteiger partial charge is 0.347 e. The molecule has 1 N–H and O–H groups in total. The van der Waals surface area contributed by atoms with Crippen molar-refractivity contribution in [2.45, 2.75) is 12.8 Å². The highest BCUT2D eigenvalue weighted by Crippen LogP contribution is 2.09. The van der Waals surface area contributed by atoms with Crippen molar-refractivity contribution in [1.29, 1.82) is 0 Å². The number of likely N-dealkylation sites (N-methyl/N-ethyl adjacent to an activating group) is 1. The summed E-state index contributed by atoms with van der Waals surface area (Å²) in [6, 6.07) is 11.2. The van der Waals surface area contributed by atoms with Crippen molar-refractivity contribution in [1.82, 2.24) is 15.2 Å². The summed E-state index contributed by atoms with van der Waals surface area (Å²) in [5.41, 5.74) is 2.13. The molecule has 2 rings (SSSR count). The van der Waals surface area contributed by atoms with Gasteiger partial charge in [0.1, 0.15) is 0 Å². The zero-order valence-electron chi connectivity index (χ0n) is 13.5. The van der Waals surface area contributed by atoms with Crippen molar-refractivity contribution in [3.8, 4) is 0 Å². The number of benzene rings is 1. The third-order valence-corrected chi connectivity index (χ3v) is 3.89. The molecule has 0 aliphatic rings. The molecule has 126 valence electrons. The van der Waals surface area contributed by atoms with E-state index in [4.69, 9.17) is 11.6 Å². The maximum Gasteiger partial charge on any atom is 0.311 e. The van der Waals surface area contributed by atoms with Crippen LogP contribution in [-0.4, -0.2) is 41.8 Å². The molecule has 0 bridgehead atoms. The highest BCUT2D eigenvalue weighted by atomic mass is 35.5. The molecule has 5 nitrogen and oxygen atoms in total. The average Bonchev–Trinajstić information content (AvgIpc) is 2.61. The van der Waals surface area contributed by atoms with E-state index >= 15 is 0 Å². The fourth-order valence-electron chi connectivity index (χ4n) is 2.17. The fraction of sp³-hybridized carbons (Fsp3) is 0.278. The second-order valence-electron chi connectivity index (χ2n) is 5.46. The summed E-state index contributed by atoms with van der Waals surface area (Å²) < 4.78 is 0. The lowest BCUT2D eigenvalue weighted by Gasteiger charge is -2.16. The molecule has 1 aromatic heterocycles. The Balaban J connectivity index is 1.72. The van der Waals surface area contributed by atoms with E-state index in [1.807, 2.05) is 24.3 Å². The van der Waals surface area contributed by atoms with Crippen molar-refractivity contribution in [2.75, 3.05) is 20.1 Å². The standard InChI is InChI=1S/C18H20ClN3O2/c1-22(13-9-15-6-10-20-11-7-15)18(24)17(23)21-12-8-14-2-4-16(19)5-3-14/h2-7,10-11H,8-9,12-13H2,1H3,(H,21,23). The zero-order chi connectivity index (χ0) is 17.4. The van der Waals surface area contributed by atoms with Gasteiger partial charge in [-0.05, 0) is 48.2 Å². The zero-order valence-corrected chi connectivity index (χ0v) is 14.3. The first-order chi connectivity index (χ1) is 11.6. The Kier molecular flexibility index (Phi) is 6.75. The van der Waals surface area contributed by atoms with Crippen molar-refractivity contribution in [3.05, 3.63) is 64.9 Å². The molecule has 24 heavy (non-hydrogen) atoms. The summed E-state index contributed by atoms with van der Waals surface area (Å²) in [5.74, 6) is -1.11. The van der Waals surface area contributed by atoms with Crippen molar-refractivity contribution >= 4 is 23.4 Å². The topological polar surface area (TPSA) is 62.3 Å². The minimum absolute atomic E-state index is 0.407. The molecule has 6 heteroatoms. The van der Waals surface area contributed by atoms with Crippen LogP contribution < -0.4 is 5.32 Å². The van der Waals surface area contributed by atoms with Crippen molar-refractivity contribution in [2.24, 2.45) is 0 Å². The van der Waals surface area contributed by atoms with Gasteiger partial charge in [0.25, 0.3) is 0 Å². The molecule has 1 aromatic carbocycles. The Morgan fingerprint density at radius 2 is 1.67 bits per heavy atom. The van der Waals surface area contributed by atoms with Crippen molar-refractivity contribution in [3.63, 3.8) is 0 Å². The minimum atomic E-state index is -0.582. The van der Waals surface area contributed by atoms with Crippen LogP contribution in [0.4, 0.5) is 0 Å². The van der Waals surface area contributed by atoms with E-state index in [2.05, 4.69) is 10.3 Å². The maximum absolute atomic E-state index is 12.0. The molecule has 0 unspecified atom stereocenters. The van der Waals surface area contributed by atoms with Crippen LogP contribution in [0.25, 0.3) is 0 Å². The van der Waals surface area contributed by atoms with E-state index in [1.165, 1.54) is 4.90 Å². The number of amides is 2. The maximum atomic E-state index is 12.0. The molecule has 0 atom stereocenters. The number of nitrogens with zero attached hydrogens (tertiary/aromatic N) is 2. The van der Waals surface area contributed by atoms with Gasteiger partial charge in [0.05, 0.1) is 0 Å². The van der Waals surface area contributed by atoms with E-state index in [9.17, 15) is 9.59 Å².